The second-order valence-corrected chi connectivity index (χ2v) is 3.17. The van der Waals surface area contributed by atoms with E-state index in [0.29, 0.717) is 11.4 Å². The fraction of sp³-hybridized carbons (Fsp3) is 0.571. The first-order valence-electron chi connectivity index (χ1n) is 4.15. The number of hydrogen-bond donors (Lipinski definition) is 2. The maximum absolute atomic E-state index is 10.7. The third-order valence-corrected chi connectivity index (χ3v) is 2.19. The van der Waals surface area contributed by atoms with Crippen LogP contribution in [0.3, 0.4) is 0 Å². The number of nitrogens with one attached hydrogen (secondary N) is 1. The zero-order valence-electron chi connectivity index (χ0n) is 6.99. The lowest BCUT2D eigenvalue weighted by Crippen LogP contribution is -2.01. The second kappa shape index (κ2) is 2.81. The number of H-pyrrole nitrogens is 1. The van der Waals surface area contributed by atoms with E-state index in [0.717, 1.165) is 12.8 Å². The molecule has 2 rings (SSSR count). The highest BCUT2D eigenvalue weighted by Crippen LogP contribution is 2.43. The molecule has 70 valence electrons. The molecule has 6 heteroatoms. The largest absolute Gasteiger partial charge is 0.325 e. The summed E-state index contributed by atoms with van der Waals surface area (Å²) in [6, 6.07) is 0. The summed E-state index contributed by atoms with van der Waals surface area (Å²) in [5.74, 6) is 0.275. The Morgan fingerprint density at radius 3 is 2.85 bits per heavy atom. The molecule has 0 amide bonds. The van der Waals surface area contributed by atoms with E-state index in [1.54, 1.807) is 0 Å². The van der Waals surface area contributed by atoms with E-state index in [9.17, 15) is 10.1 Å². The quantitative estimate of drug-likeness (QED) is 0.529. The fourth-order valence-corrected chi connectivity index (χ4v) is 1.38. The van der Waals surface area contributed by atoms with Gasteiger partial charge in [-0.3, -0.25) is 15.2 Å². The third kappa shape index (κ3) is 1.29. The van der Waals surface area contributed by atoms with Crippen molar-refractivity contribution in [2.75, 3.05) is 0 Å². The van der Waals surface area contributed by atoms with E-state index in [1.807, 2.05) is 0 Å². The molecule has 0 aromatic carbocycles. The molecule has 6 nitrogen and oxygen atoms in total. The summed E-state index contributed by atoms with van der Waals surface area (Å²) in [4.78, 5) is 10.3. The minimum atomic E-state index is -0.403. The van der Waals surface area contributed by atoms with Gasteiger partial charge in [-0.2, -0.15) is 5.10 Å². The minimum absolute atomic E-state index is 0.0880. The van der Waals surface area contributed by atoms with Crippen molar-refractivity contribution in [3.63, 3.8) is 0 Å². The highest BCUT2D eigenvalue weighted by molar-refractivity contribution is 5.43. The van der Waals surface area contributed by atoms with Crippen LogP contribution in [0.25, 0.3) is 0 Å². The first kappa shape index (κ1) is 8.18. The maximum Gasteiger partial charge on any atom is 0.314 e. The molecular weight excluding hydrogens is 172 g/mol. The van der Waals surface area contributed by atoms with Gasteiger partial charge in [0.2, 0.25) is 0 Å². The van der Waals surface area contributed by atoms with Gasteiger partial charge in [-0.15, -0.1) is 0 Å². The van der Waals surface area contributed by atoms with Crippen molar-refractivity contribution < 1.29 is 4.92 Å². The van der Waals surface area contributed by atoms with Crippen molar-refractivity contribution in [2.24, 2.45) is 5.73 Å². The molecule has 1 heterocycles. The number of aromatic amines is 1. The Kier molecular flexibility index (Phi) is 1.77. The smallest absolute Gasteiger partial charge is 0.314 e. The molecule has 1 aromatic heterocycles. The Bertz CT molecular complexity index is 342. The average Bonchev–Trinajstić information content (AvgIpc) is 2.84. The number of nitrogens with zero attached hydrogens (tertiary/aromatic N) is 2. The first-order valence-corrected chi connectivity index (χ1v) is 4.15. The molecule has 1 fully saturated rings. The molecule has 0 saturated heterocycles. The van der Waals surface area contributed by atoms with Gasteiger partial charge >= 0.3 is 5.69 Å². The number of nitrogens with two attached hydrogens (primary N) is 1. The van der Waals surface area contributed by atoms with Crippen LogP contribution in [-0.4, -0.2) is 15.1 Å². The second-order valence-electron chi connectivity index (χ2n) is 3.17. The van der Waals surface area contributed by atoms with Gasteiger partial charge in [-0.05, 0) is 12.8 Å². The number of hydrogen-bond acceptors (Lipinski definition) is 4. The van der Waals surface area contributed by atoms with Gasteiger partial charge in [0.25, 0.3) is 0 Å². The Labute approximate surface area is 74.3 Å². The Morgan fingerprint density at radius 2 is 2.38 bits per heavy atom. The molecule has 1 aliphatic carbocycles. The van der Waals surface area contributed by atoms with Crippen LogP contribution in [0.4, 0.5) is 5.69 Å². The molecule has 1 aromatic rings. The van der Waals surface area contributed by atoms with Crippen LogP contribution in [0.1, 0.15) is 30.1 Å². The van der Waals surface area contributed by atoms with Crippen LogP contribution >= 0.6 is 0 Å². The van der Waals surface area contributed by atoms with Crippen LogP contribution in [0.2, 0.25) is 0 Å². The average molecular weight is 182 g/mol. The van der Waals surface area contributed by atoms with Gasteiger partial charge in [0.05, 0.1) is 4.92 Å². The van der Waals surface area contributed by atoms with Crippen molar-refractivity contribution in [1.29, 1.82) is 0 Å². The van der Waals surface area contributed by atoms with E-state index >= 15 is 0 Å². The van der Waals surface area contributed by atoms with E-state index in [2.05, 4.69) is 10.2 Å². The molecule has 13 heavy (non-hydrogen) atoms. The summed E-state index contributed by atoms with van der Waals surface area (Å²) < 4.78 is 0. The summed E-state index contributed by atoms with van der Waals surface area (Å²) in [6.07, 6.45) is 1.99. The molecule has 0 unspecified atom stereocenters. The summed E-state index contributed by atoms with van der Waals surface area (Å²) in [5.41, 5.74) is 6.43. The lowest BCUT2D eigenvalue weighted by atomic mass is 10.2. The minimum Gasteiger partial charge on any atom is -0.325 e. The standard InChI is InChI=1S/C7H10N4O2/c8-3-5-7(11(12)13)6(10-9-5)4-1-2-4/h4H,1-3,8H2,(H,9,10). The lowest BCUT2D eigenvalue weighted by molar-refractivity contribution is -0.386. The normalized spacial score (nSPS) is 16.1. The van der Waals surface area contributed by atoms with Crippen LogP contribution < -0.4 is 5.73 Å². The van der Waals surface area contributed by atoms with E-state index in [1.165, 1.54) is 0 Å². The Balaban J connectivity index is 2.44. The Morgan fingerprint density at radius 1 is 1.69 bits per heavy atom. The molecule has 3 N–H and O–H groups in total. The van der Waals surface area contributed by atoms with Crippen molar-refractivity contribution >= 4 is 5.69 Å². The van der Waals surface area contributed by atoms with Crippen molar-refractivity contribution in [3.05, 3.63) is 21.5 Å². The monoisotopic (exact) mass is 182 g/mol. The van der Waals surface area contributed by atoms with Gasteiger partial charge in [-0.25, -0.2) is 0 Å². The molecule has 0 bridgehead atoms. The van der Waals surface area contributed by atoms with Crippen molar-refractivity contribution in [2.45, 2.75) is 25.3 Å². The third-order valence-electron chi connectivity index (χ3n) is 2.19. The summed E-state index contributed by atoms with van der Waals surface area (Å²) in [6.45, 7) is 0.135. The fourth-order valence-electron chi connectivity index (χ4n) is 1.38. The number of nitro groups is 1. The highest BCUT2D eigenvalue weighted by Gasteiger charge is 2.35. The Hall–Kier alpha value is -1.43. The first-order chi connectivity index (χ1) is 6.24. The number of rotatable bonds is 3. The SMILES string of the molecule is NCc1[nH]nc(C2CC2)c1[N+](=O)[O-]. The van der Waals surface area contributed by atoms with E-state index in [-0.39, 0.29) is 18.2 Å². The van der Waals surface area contributed by atoms with Crippen LogP contribution in [0.15, 0.2) is 0 Å². The predicted molar refractivity (Wildman–Crippen MR) is 45.1 cm³/mol. The van der Waals surface area contributed by atoms with Gasteiger partial charge in [-0.1, -0.05) is 0 Å². The zero-order chi connectivity index (χ0) is 9.42. The molecule has 1 aliphatic rings. The molecule has 0 aliphatic heterocycles. The van der Waals surface area contributed by atoms with Crippen molar-refractivity contribution in [1.82, 2.24) is 10.2 Å². The maximum atomic E-state index is 10.7. The lowest BCUT2D eigenvalue weighted by Gasteiger charge is -1.92. The topological polar surface area (TPSA) is 97.8 Å². The van der Waals surface area contributed by atoms with Gasteiger partial charge in [0, 0.05) is 12.5 Å². The molecule has 0 spiro atoms. The molecule has 1 saturated carbocycles. The molecule has 0 radical (unpaired) electrons. The highest BCUT2D eigenvalue weighted by atomic mass is 16.6. The van der Waals surface area contributed by atoms with Crippen LogP contribution in [0, 0.1) is 10.1 Å². The van der Waals surface area contributed by atoms with Gasteiger partial charge in [0.15, 0.2) is 0 Å². The van der Waals surface area contributed by atoms with E-state index in [4.69, 9.17) is 5.73 Å². The van der Waals surface area contributed by atoms with Gasteiger partial charge in [0.1, 0.15) is 11.4 Å². The van der Waals surface area contributed by atoms with E-state index < -0.39 is 4.92 Å². The zero-order valence-corrected chi connectivity index (χ0v) is 6.99. The van der Waals surface area contributed by atoms with Gasteiger partial charge < -0.3 is 5.73 Å². The predicted octanol–water partition coefficient (Wildman–Crippen LogP) is 0.654. The number of aromatic nitrogens is 2. The molecule has 0 atom stereocenters. The van der Waals surface area contributed by atoms with Crippen LogP contribution in [-0.2, 0) is 6.54 Å². The molecular formula is C7H10N4O2. The summed E-state index contributed by atoms with van der Waals surface area (Å²) in [7, 11) is 0. The summed E-state index contributed by atoms with van der Waals surface area (Å²) >= 11 is 0. The van der Waals surface area contributed by atoms with Crippen LogP contribution in [0.5, 0.6) is 0 Å². The summed E-state index contributed by atoms with van der Waals surface area (Å²) in [5, 5.41) is 17.2. The van der Waals surface area contributed by atoms with Crippen molar-refractivity contribution in [3.8, 4) is 0 Å².